The lowest BCUT2D eigenvalue weighted by Crippen LogP contribution is -2.54. The largest absolute Gasteiger partial charge is 0.481 e. The van der Waals surface area contributed by atoms with Gasteiger partial charge in [0.15, 0.2) is 6.10 Å². The Hall–Kier alpha value is -1.11. The first kappa shape index (κ1) is 18.7. The highest BCUT2D eigenvalue weighted by Gasteiger charge is 2.32. The third kappa shape index (κ3) is 5.19. The minimum atomic E-state index is -0.466. The number of morpholine rings is 1. The average Bonchev–Trinajstić information content (AvgIpc) is 2.64. The number of piperidine rings is 1. The van der Waals surface area contributed by atoms with E-state index >= 15 is 0 Å². The fourth-order valence-electron chi connectivity index (χ4n) is 3.56. The van der Waals surface area contributed by atoms with Crippen LogP contribution in [0, 0.1) is 0 Å². The molecule has 0 aliphatic carbocycles. The molecule has 0 saturated carbocycles. The predicted octanol–water partition coefficient (Wildman–Crippen LogP) is 2.93. The molecule has 6 heteroatoms. The summed E-state index contributed by atoms with van der Waals surface area (Å²) in [6, 6.07) is 7.91. The van der Waals surface area contributed by atoms with Crippen molar-refractivity contribution in [1.82, 2.24) is 9.80 Å². The Morgan fingerprint density at radius 3 is 2.68 bits per heavy atom. The van der Waals surface area contributed by atoms with Crippen molar-refractivity contribution in [2.24, 2.45) is 0 Å². The molecule has 138 valence electrons. The second-order valence-corrected chi connectivity index (χ2v) is 7.72. The molecule has 2 aliphatic rings. The van der Waals surface area contributed by atoms with Crippen molar-refractivity contribution in [3.05, 3.63) is 28.7 Å². The number of rotatable bonds is 5. The van der Waals surface area contributed by atoms with E-state index in [4.69, 9.17) is 9.47 Å². The number of benzene rings is 1. The molecule has 3 rings (SSSR count). The first-order valence-electron chi connectivity index (χ1n) is 9.16. The van der Waals surface area contributed by atoms with Crippen LogP contribution in [0.3, 0.4) is 0 Å². The monoisotopic (exact) mass is 410 g/mol. The molecule has 0 unspecified atom stereocenters. The summed E-state index contributed by atoms with van der Waals surface area (Å²) in [5.41, 5.74) is 0. The van der Waals surface area contributed by atoms with Crippen LogP contribution in [0.15, 0.2) is 28.7 Å². The number of ether oxygens (including phenoxy) is 2. The molecule has 0 radical (unpaired) electrons. The summed E-state index contributed by atoms with van der Waals surface area (Å²) >= 11 is 3.41. The minimum Gasteiger partial charge on any atom is -0.481 e. The second-order valence-electron chi connectivity index (χ2n) is 6.81. The average molecular weight is 411 g/mol. The molecule has 0 bridgehead atoms. The summed E-state index contributed by atoms with van der Waals surface area (Å²) in [6.07, 6.45) is 2.89. The third-order valence-corrected chi connectivity index (χ3v) is 5.49. The van der Waals surface area contributed by atoms with E-state index in [1.54, 1.807) is 0 Å². The van der Waals surface area contributed by atoms with E-state index in [0.29, 0.717) is 0 Å². The van der Waals surface area contributed by atoms with E-state index in [-0.39, 0.29) is 11.9 Å². The van der Waals surface area contributed by atoms with Gasteiger partial charge in [-0.25, -0.2) is 0 Å². The SMILES string of the molecule is C[C@H](Oc1ccc(Br)cc1)C(=O)N1CCCC[C@@H]1CN1CCOCC1. The molecule has 2 heterocycles. The van der Waals surface area contributed by atoms with Crippen molar-refractivity contribution in [3.8, 4) is 5.75 Å². The maximum atomic E-state index is 13.0. The number of likely N-dealkylation sites (tertiary alicyclic amines) is 1. The van der Waals surface area contributed by atoms with E-state index in [1.807, 2.05) is 36.1 Å². The highest BCUT2D eigenvalue weighted by molar-refractivity contribution is 9.10. The van der Waals surface area contributed by atoms with E-state index in [2.05, 4.69) is 20.8 Å². The quantitative estimate of drug-likeness (QED) is 0.748. The van der Waals surface area contributed by atoms with Gasteiger partial charge in [0.2, 0.25) is 0 Å². The van der Waals surface area contributed by atoms with E-state index in [0.717, 1.165) is 62.5 Å². The highest BCUT2D eigenvalue weighted by atomic mass is 79.9. The number of hydrogen-bond acceptors (Lipinski definition) is 4. The van der Waals surface area contributed by atoms with Crippen molar-refractivity contribution < 1.29 is 14.3 Å². The van der Waals surface area contributed by atoms with Crippen LogP contribution in [0.5, 0.6) is 5.75 Å². The molecule has 0 N–H and O–H groups in total. The fourth-order valence-corrected chi connectivity index (χ4v) is 3.83. The summed E-state index contributed by atoms with van der Waals surface area (Å²) in [5, 5.41) is 0. The van der Waals surface area contributed by atoms with Gasteiger partial charge in [0.1, 0.15) is 5.75 Å². The van der Waals surface area contributed by atoms with Gasteiger partial charge < -0.3 is 14.4 Å². The lowest BCUT2D eigenvalue weighted by Gasteiger charge is -2.40. The predicted molar refractivity (Wildman–Crippen MR) is 101 cm³/mol. The lowest BCUT2D eigenvalue weighted by atomic mass is 10.0. The Kier molecular flexibility index (Phi) is 6.73. The first-order chi connectivity index (χ1) is 12.1. The summed E-state index contributed by atoms with van der Waals surface area (Å²) in [6.45, 7) is 7.15. The van der Waals surface area contributed by atoms with E-state index in [1.165, 1.54) is 6.42 Å². The van der Waals surface area contributed by atoms with Gasteiger partial charge in [-0.2, -0.15) is 0 Å². The van der Waals surface area contributed by atoms with Crippen LogP contribution in [0.1, 0.15) is 26.2 Å². The molecule has 1 aromatic rings. The number of hydrogen-bond donors (Lipinski definition) is 0. The van der Waals surface area contributed by atoms with Gasteiger partial charge in [-0.15, -0.1) is 0 Å². The Morgan fingerprint density at radius 2 is 1.96 bits per heavy atom. The van der Waals surface area contributed by atoms with Crippen molar-refractivity contribution in [2.45, 2.75) is 38.3 Å². The van der Waals surface area contributed by atoms with Gasteiger partial charge in [-0.1, -0.05) is 15.9 Å². The van der Waals surface area contributed by atoms with Crippen LogP contribution in [0.4, 0.5) is 0 Å². The highest BCUT2D eigenvalue weighted by Crippen LogP contribution is 2.22. The molecular weight excluding hydrogens is 384 g/mol. The van der Waals surface area contributed by atoms with Crippen molar-refractivity contribution in [2.75, 3.05) is 39.4 Å². The van der Waals surface area contributed by atoms with Gasteiger partial charge in [0, 0.05) is 36.7 Å². The molecular formula is C19H27BrN2O3. The van der Waals surface area contributed by atoms with Gasteiger partial charge in [-0.05, 0) is 50.5 Å². The summed E-state index contributed by atoms with van der Waals surface area (Å²) in [4.78, 5) is 17.4. The minimum absolute atomic E-state index is 0.0980. The summed E-state index contributed by atoms with van der Waals surface area (Å²) in [7, 11) is 0. The molecule has 2 aliphatic heterocycles. The van der Waals surface area contributed by atoms with Gasteiger partial charge >= 0.3 is 0 Å². The molecule has 0 aromatic heterocycles. The van der Waals surface area contributed by atoms with Crippen LogP contribution in [0.25, 0.3) is 0 Å². The number of halogens is 1. The molecule has 5 nitrogen and oxygen atoms in total. The molecule has 2 saturated heterocycles. The van der Waals surface area contributed by atoms with E-state index in [9.17, 15) is 4.79 Å². The van der Waals surface area contributed by atoms with Crippen LogP contribution in [-0.2, 0) is 9.53 Å². The molecule has 0 spiro atoms. The zero-order valence-corrected chi connectivity index (χ0v) is 16.4. The van der Waals surface area contributed by atoms with Crippen LogP contribution in [0.2, 0.25) is 0 Å². The molecule has 1 aromatic carbocycles. The molecule has 1 amide bonds. The van der Waals surface area contributed by atoms with Gasteiger partial charge in [0.05, 0.1) is 13.2 Å². The maximum Gasteiger partial charge on any atom is 0.263 e. The Labute approximate surface area is 158 Å². The third-order valence-electron chi connectivity index (χ3n) is 4.96. The standard InChI is InChI=1S/C19H27BrN2O3/c1-15(25-18-7-5-16(20)6-8-18)19(23)22-9-3-2-4-17(22)14-21-10-12-24-13-11-21/h5-8,15,17H,2-4,9-14H2,1H3/t15-,17+/m0/s1. The van der Waals surface area contributed by atoms with Crippen LogP contribution < -0.4 is 4.74 Å². The van der Waals surface area contributed by atoms with Crippen molar-refractivity contribution in [1.29, 1.82) is 0 Å². The van der Waals surface area contributed by atoms with E-state index < -0.39 is 6.10 Å². The van der Waals surface area contributed by atoms with Gasteiger partial charge in [0.25, 0.3) is 5.91 Å². The number of carbonyl (C=O) groups excluding carboxylic acids is 1. The summed E-state index contributed by atoms with van der Waals surface area (Å²) in [5.74, 6) is 0.826. The Balaban J connectivity index is 1.59. The maximum absolute atomic E-state index is 13.0. The zero-order chi connectivity index (χ0) is 17.6. The van der Waals surface area contributed by atoms with Crippen molar-refractivity contribution >= 4 is 21.8 Å². The Morgan fingerprint density at radius 1 is 1.24 bits per heavy atom. The number of amides is 1. The molecule has 2 atom stereocenters. The summed E-state index contributed by atoms with van der Waals surface area (Å²) < 4.78 is 12.3. The lowest BCUT2D eigenvalue weighted by molar-refractivity contribution is -0.142. The molecule has 2 fully saturated rings. The van der Waals surface area contributed by atoms with Crippen LogP contribution >= 0.6 is 15.9 Å². The topological polar surface area (TPSA) is 42.0 Å². The van der Waals surface area contributed by atoms with Crippen LogP contribution in [-0.4, -0.2) is 67.2 Å². The fraction of sp³-hybridized carbons (Fsp3) is 0.632. The van der Waals surface area contributed by atoms with Crippen molar-refractivity contribution in [3.63, 3.8) is 0 Å². The zero-order valence-electron chi connectivity index (χ0n) is 14.8. The number of carbonyl (C=O) groups is 1. The normalized spacial score (nSPS) is 23.3. The Bertz CT molecular complexity index is 560. The smallest absolute Gasteiger partial charge is 0.263 e. The number of nitrogens with zero attached hydrogens (tertiary/aromatic N) is 2. The first-order valence-corrected chi connectivity index (χ1v) is 9.95. The van der Waals surface area contributed by atoms with Gasteiger partial charge in [-0.3, -0.25) is 9.69 Å². The molecule has 25 heavy (non-hydrogen) atoms. The second kappa shape index (κ2) is 9.01.